The van der Waals surface area contributed by atoms with Crippen molar-refractivity contribution in [3.05, 3.63) is 54.2 Å². The predicted molar refractivity (Wildman–Crippen MR) is 111 cm³/mol. The molecule has 0 spiro atoms. The average molecular weight is 407 g/mol. The minimum absolute atomic E-state index is 0.283. The summed E-state index contributed by atoms with van der Waals surface area (Å²) in [6.07, 6.45) is 2.89. The van der Waals surface area contributed by atoms with E-state index in [0.29, 0.717) is 30.1 Å². The van der Waals surface area contributed by atoms with Crippen LogP contribution in [0.4, 0.5) is 0 Å². The number of aromatic nitrogens is 4. The smallest absolute Gasteiger partial charge is 0.207 e. The number of rotatable bonds is 3. The normalized spacial score (nSPS) is 15.9. The molecule has 3 heterocycles. The molecule has 0 amide bonds. The monoisotopic (exact) mass is 407 g/mol. The van der Waals surface area contributed by atoms with Gasteiger partial charge >= 0.3 is 0 Å². The molecule has 8 heteroatoms. The Balaban J connectivity index is 1.64. The second kappa shape index (κ2) is 6.89. The van der Waals surface area contributed by atoms with E-state index in [1.165, 1.54) is 0 Å². The Morgan fingerprint density at radius 3 is 2.45 bits per heavy atom. The quantitative estimate of drug-likeness (QED) is 0.520. The molecule has 5 rings (SSSR count). The number of aryl methyl sites for hydroxylation is 1. The van der Waals surface area contributed by atoms with E-state index in [9.17, 15) is 8.42 Å². The van der Waals surface area contributed by atoms with Gasteiger partial charge in [0.15, 0.2) is 11.5 Å². The summed E-state index contributed by atoms with van der Waals surface area (Å²) in [6, 6.07) is 14.9. The van der Waals surface area contributed by atoms with Crippen LogP contribution in [0, 0.1) is 6.92 Å². The highest BCUT2D eigenvalue weighted by atomic mass is 32.2. The molecule has 4 aromatic rings. The summed E-state index contributed by atoms with van der Waals surface area (Å²) < 4.78 is 29.4. The van der Waals surface area contributed by atoms with Crippen molar-refractivity contribution in [3.8, 4) is 11.4 Å². The first-order valence-electron chi connectivity index (χ1n) is 9.77. The third kappa shape index (κ3) is 2.99. The first-order chi connectivity index (χ1) is 14.1. The minimum Gasteiger partial charge on any atom is -0.207 e. The maximum absolute atomic E-state index is 13.1. The van der Waals surface area contributed by atoms with Crippen molar-refractivity contribution in [1.29, 1.82) is 0 Å². The van der Waals surface area contributed by atoms with Crippen LogP contribution in [-0.2, 0) is 10.0 Å². The third-order valence-corrected chi connectivity index (χ3v) is 7.39. The van der Waals surface area contributed by atoms with E-state index in [2.05, 4.69) is 15.3 Å². The molecule has 2 aromatic carbocycles. The summed E-state index contributed by atoms with van der Waals surface area (Å²) >= 11 is 0. The molecule has 2 aromatic heterocycles. The SMILES string of the molecule is Cc1nn2c(-c3cccc(S(=O)(=O)N4CCCCC4)c3)nnc2c2ccccc12. The van der Waals surface area contributed by atoms with Crippen LogP contribution < -0.4 is 0 Å². The Kier molecular flexibility index (Phi) is 4.33. The Hall–Kier alpha value is -2.84. The molecule has 1 fully saturated rings. The molecule has 0 saturated carbocycles. The van der Waals surface area contributed by atoms with Crippen molar-refractivity contribution >= 4 is 26.4 Å². The molecule has 0 bridgehead atoms. The minimum atomic E-state index is -3.52. The lowest BCUT2D eigenvalue weighted by Gasteiger charge is -2.26. The first kappa shape index (κ1) is 18.2. The van der Waals surface area contributed by atoms with E-state index in [1.807, 2.05) is 37.3 Å². The van der Waals surface area contributed by atoms with E-state index >= 15 is 0 Å². The standard InChI is InChI=1S/C21H21N5O2S/c1-15-18-10-3-4-11-19(18)21-23-22-20(26(21)24-15)16-8-7-9-17(14-16)29(27,28)25-12-5-2-6-13-25/h3-4,7-11,14H,2,5-6,12-13H2,1H3. The second-order valence-corrected chi connectivity index (χ2v) is 9.32. The van der Waals surface area contributed by atoms with Gasteiger partial charge in [-0.2, -0.15) is 13.9 Å². The van der Waals surface area contributed by atoms with Gasteiger partial charge in [0, 0.05) is 29.4 Å². The number of fused-ring (bicyclic) bond motifs is 3. The van der Waals surface area contributed by atoms with Crippen LogP contribution >= 0.6 is 0 Å². The van der Waals surface area contributed by atoms with Crippen LogP contribution in [0.15, 0.2) is 53.4 Å². The molecule has 0 unspecified atom stereocenters. The molecule has 148 valence electrons. The van der Waals surface area contributed by atoms with Crippen molar-refractivity contribution in [2.75, 3.05) is 13.1 Å². The highest BCUT2D eigenvalue weighted by molar-refractivity contribution is 7.89. The van der Waals surface area contributed by atoms with Gasteiger partial charge in [0.1, 0.15) is 0 Å². The van der Waals surface area contributed by atoms with Crippen LogP contribution in [0.1, 0.15) is 25.0 Å². The number of nitrogens with zero attached hydrogens (tertiary/aromatic N) is 5. The maximum atomic E-state index is 13.1. The number of piperidine rings is 1. The summed E-state index contributed by atoms with van der Waals surface area (Å²) in [5.41, 5.74) is 2.20. The van der Waals surface area contributed by atoms with Crippen LogP contribution in [-0.4, -0.2) is 45.6 Å². The Labute approximate surface area is 169 Å². The molecule has 0 aliphatic carbocycles. The highest BCUT2D eigenvalue weighted by Crippen LogP contribution is 2.27. The summed E-state index contributed by atoms with van der Waals surface area (Å²) in [7, 11) is -3.52. The Morgan fingerprint density at radius 2 is 1.66 bits per heavy atom. The molecule has 29 heavy (non-hydrogen) atoms. The summed E-state index contributed by atoms with van der Waals surface area (Å²) in [6.45, 7) is 3.10. The van der Waals surface area contributed by atoms with Crippen LogP contribution in [0.25, 0.3) is 27.8 Å². The fraction of sp³-hybridized carbons (Fsp3) is 0.286. The van der Waals surface area contributed by atoms with Crippen molar-refractivity contribution in [1.82, 2.24) is 24.1 Å². The molecule has 0 N–H and O–H groups in total. The van der Waals surface area contributed by atoms with Crippen LogP contribution in [0.3, 0.4) is 0 Å². The van der Waals surface area contributed by atoms with E-state index in [0.717, 1.165) is 35.7 Å². The lowest BCUT2D eigenvalue weighted by molar-refractivity contribution is 0.346. The lowest BCUT2D eigenvalue weighted by atomic mass is 10.1. The van der Waals surface area contributed by atoms with Gasteiger partial charge < -0.3 is 0 Å². The molecule has 7 nitrogen and oxygen atoms in total. The van der Waals surface area contributed by atoms with E-state index in [4.69, 9.17) is 0 Å². The fourth-order valence-corrected chi connectivity index (χ4v) is 5.53. The Morgan fingerprint density at radius 1 is 0.897 bits per heavy atom. The molecule has 1 saturated heterocycles. The van der Waals surface area contributed by atoms with Crippen LogP contribution in [0.5, 0.6) is 0 Å². The van der Waals surface area contributed by atoms with Crippen molar-refractivity contribution < 1.29 is 8.42 Å². The number of sulfonamides is 1. The maximum Gasteiger partial charge on any atom is 0.243 e. The van der Waals surface area contributed by atoms with E-state index in [-0.39, 0.29) is 4.90 Å². The van der Waals surface area contributed by atoms with Gasteiger partial charge in [-0.15, -0.1) is 10.2 Å². The van der Waals surface area contributed by atoms with Gasteiger partial charge in [-0.3, -0.25) is 0 Å². The van der Waals surface area contributed by atoms with Gasteiger partial charge in [-0.25, -0.2) is 8.42 Å². The molecule has 0 radical (unpaired) electrons. The summed E-state index contributed by atoms with van der Waals surface area (Å²) in [4.78, 5) is 0.283. The highest BCUT2D eigenvalue weighted by Gasteiger charge is 2.26. The van der Waals surface area contributed by atoms with E-state index < -0.39 is 10.0 Å². The van der Waals surface area contributed by atoms with Gasteiger partial charge in [0.2, 0.25) is 10.0 Å². The topological polar surface area (TPSA) is 80.5 Å². The van der Waals surface area contributed by atoms with Gasteiger partial charge in [-0.1, -0.05) is 42.8 Å². The third-order valence-electron chi connectivity index (χ3n) is 5.49. The van der Waals surface area contributed by atoms with Crippen molar-refractivity contribution in [3.63, 3.8) is 0 Å². The van der Waals surface area contributed by atoms with Crippen molar-refractivity contribution in [2.24, 2.45) is 0 Å². The second-order valence-electron chi connectivity index (χ2n) is 7.38. The predicted octanol–water partition coefficient (Wildman–Crippen LogP) is 3.43. The number of hydrogen-bond donors (Lipinski definition) is 0. The Bertz CT molecular complexity index is 1320. The fourth-order valence-electron chi connectivity index (χ4n) is 3.97. The van der Waals surface area contributed by atoms with Crippen molar-refractivity contribution in [2.45, 2.75) is 31.1 Å². The molecule has 1 aliphatic rings. The van der Waals surface area contributed by atoms with Gasteiger partial charge in [0.05, 0.1) is 10.6 Å². The summed E-state index contributed by atoms with van der Waals surface area (Å²) in [5.74, 6) is 0.532. The molecular weight excluding hydrogens is 386 g/mol. The lowest BCUT2D eigenvalue weighted by Crippen LogP contribution is -2.35. The number of hydrogen-bond acceptors (Lipinski definition) is 5. The molecular formula is C21H21N5O2S. The zero-order valence-electron chi connectivity index (χ0n) is 16.1. The first-order valence-corrected chi connectivity index (χ1v) is 11.2. The largest absolute Gasteiger partial charge is 0.243 e. The molecule has 0 atom stereocenters. The van der Waals surface area contributed by atoms with Crippen LogP contribution in [0.2, 0.25) is 0 Å². The number of benzene rings is 2. The van der Waals surface area contributed by atoms with E-state index in [1.54, 1.807) is 27.0 Å². The van der Waals surface area contributed by atoms with Gasteiger partial charge in [-0.05, 0) is 31.9 Å². The zero-order chi connectivity index (χ0) is 20.0. The summed E-state index contributed by atoms with van der Waals surface area (Å²) in [5, 5.41) is 15.3. The average Bonchev–Trinajstić information content (AvgIpc) is 3.19. The van der Waals surface area contributed by atoms with Gasteiger partial charge in [0.25, 0.3) is 0 Å². The zero-order valence-corrected chi connectivity index (χ0v) is 16.9. The molecule has 1 aliphatic heterocycles.